The maximum Gasteiger partial charge on any atom is 0.279 e. The lowest BCUT2D eigenvalue weighted by molar-refractivity contribution is -0.109. The van der Waals surface area contributed by atoms with Gasteiger partial charge in [-0.1, -0.05) is 120 Å². The topological polar surface area (TPSA) is 57.5 Å². The Labute approximate surface area is 220 Å². The highest BCUT2D eigenvalue weighted by molar-refractivity contribution is 6.32. The molecule has 0 aliphatic carbocycles. The number of carbonyl (C=O) groups is 1. The molecule has 2 N–H and O–H groups in total. The van der Waals surface area contributed by atoms with E-state index in [4.69, 9.17) is 23.2 Å². The number of Topliss-reactive ketones (excluding diaryl/α,β-unsaturated/α-hetero) is 1. The van der Waals surface area contributed by atoms with Crippen molar-refractivity contribution in [2.24, 2.45) is 0 Å². The van der Waals surface area contributed by atoms with Crippen molar-refractivity contribution < 1.29 is 15.0 Å². The number of carbonyl (C=O) groups excluding carboxylic acids is 1. The van der Waals surface area contributed by atoms with Crippen molar-refractivity contribution in [1.82, 2.24) is 0 Å². The molecule has 3 nitrogen and oxygen atoms in total. The first-order chi connectivity index (χ1) is 17.3. The third kappa shape index (κ3) is 5.21. The molecule has 5 heteroatoms. The normalized spacial score (nSPS) is 13.7. The Balaban J connectivity index is 1.77. The molecule has 0 aliphatic rings. The summed E-state index contributed by atoms with van der Waals surface area (Å²) in [6.07, 6.45) is 0. The number of benzene rings is 4. The van der Waals surface area contributed by atoms with Gasteiger partial charge in [-0.25, -0.2) is 0 Å². The van der Waals surface area contributed by atoms with Gasteiger partial charge >= 0.3 is 0 Å². The van der Waals surface area contributed by atoms with Crippen LogP contribution >= 0.6 is 23.2 Å². The van der Waals surface area contributed by atoms with Crippen molar-refractivity contribution in [1.29, 1.82) is 0 Å². The maximum atomic E-state index is 12.8. The van der Waals surface area contributed by atoms with E-state index >= 15 is 0 Å². The lowest BCUT2D eigenvalue weighted by Crippen LogP contribution is -2.26. The zero-order chi connectivity index (χ0) is 25.6. The number of hydrogen-bond donors (Lipinski definition) is 2. The highest BCUT2D eigenvalue weighted by atomic mass is 35.5. The van der Waals surface area contributed by atoms with Gasteiger partial charge in [-0.15, -0.1) is 0 Å². The minimum Gasteiger partial charge on any atom is -0.369 e. The maximum absolute atomic E-state index is 12.8. The fourth-order valence-corrected chi connectivity index (χ4v) is 4.33. The summed E-state index contributed by atoms with van der Waals surface area (Å²) in [6.45, 7) is 0. The van der Waals surface area contributed by atoms with Gasteiger partial charge < -0.3 is 10.2 Å². The van der Waals surface area contributed by atoms with Crippen LogP contribution in [0, 0.1) is 23.7 Å². The number of halogens is 2. The smallest absolute Gasteiger partial charge is 0.279 e. The summed E-state index contributed by atoms with van der Waals surface area (Å²) in [5.74, 6) is 9.37. The van der Waals surface area contributed by atoms with Crippen molar-refractivity contribution in [3.8, 4) is 23.7 Å². The Hall–Kier alpha value is -3.83. The van der Waals surface area contributed by atoms with Crippen LogP contribution < -0.4 is 0 Å². The van der Waals surface area contributed by atoms with E-state index in [2.05, 4.69) is 23.7 Å². The van der Waals surface area contributed by atoms with Gasteiger partial charge in [0, 0.05) is 32.3 Å². The fourth-order valence-electron chi connectivity index (χ4n) is 3.78. The Bertz CT molecular complexity index is 1400. The van der Waals surface area contributed by atoms with Gasteiger partial charge in [0.1, 0.15) is 0 Å². The Morgan fingerprint density at radius 1 is 0.556 bits per heavy atom. The molecule has 36 heavy (non-hydrogen) atoms. The van der Waals surface area contributed by atoms with E-state index in [1.165, 1.54) is 0 Å². The molecule has 4 aromatic carbocycles. The van der Waals surface area contributed by atoms with Crippen molar-refractivity contribution in [3.63, 3.8) is 0 Å². The molecule has 0 amide bonds. The molecule has 4 rings (SSSR count). The van der Waals surface area contributed by atoms with Crippen LogP contribution in [0.25, 0.3) is 0 Å². The fraction of sp³-hybridized carbons (Fsp3) is 0.0645. The van der Waals surface area contributed by atoms with Crippen LogP contribution in [0.1, 0.15) is 22.3 Å². The van der Waals surface area contributed by atoms with Crippen molar-refractivity contribution in [2.45, 2.75) is 11.2 Å². The summed E-state index contributed by atoms with van der Waals surface area (Å²) < 4.78 is 0. The number of ketones is 1. The SMILES string of the molecule is O=C(C#C[C@@](O)(c1ccccc1)c1ccccc1Cl)C#C[C@@](O)(c1ccccc1)c1ccccc1Cl. The van der Waals surface area contributed by atoms with E-state index in [1.54, 1.807) is 109 Å². The molecule has 0 bridgehead atoms. The molecule has 0 heterocycles. The Kier molecular flexibility index (Phi) is 7.61. The van der Waals surface area contributed by atoms with Crippen LogP contribution in [0.2, 0.25) is 10.0 Å². The Morgan fingerprint density at radius 2 is 0.889 bits per heavy atom. The standard InChI is InChI=1S/C31H20Cl2O3/c32-28-17-9-7-15-26(28)30(35,23-11-3-1-4-12-23)21-19-25(34)20-22-31(36,24-13-5-2-6-14-24)27-16-8-10-18-29(27)33/h1-18,35-36H/t30-,31-/m1/s1. The van der Waals surface area contributed by atoms with Crippen molar-refractivity contribution in [3.05, 3.63) is 141 Å². The molecule has 176 valence electrons. The van der Waals surface area contributed by atoms with Crippen LogP contribution in [0.4, 0.5) is 0 Å². The predicted molar refractivity (Wildman–Crippen MR) is 142 cm³/mol. The second-order valence-corrected chi connectivity index (χ2v) is 8.76. The first-order valence-corrected chi connectivity index (χ1v) is 11.8. The molecule has 0 aliphatic heterocycles. The molecule has 2 atom stereocenters. The summed E-state index contributed by atoms with van der Waals surface area (Å²) in [7, 11) is 0. The average molecular weight is 511 g/mol. The highest BCUT2D eigenvalue weighted by Gasteiger charge is 2.33. The first-order valence-electron chi connectivity index (χ1n) is 11.0. The van der Waals surface area contributed by atoms with Crippen LogP contribution in [0.5, 0.6) is 0 Å². The molecule has 0 aromatic heterocycles. The zero-order valence-corrected chi connectivity index (χ0v) is 20.5. The minimum absolute atomic E-state index is 0.300. The van der Waals surface area contributed by atoms with Crippen molar-refractivity contribution >= 4 is 29.0 Å². The largest absolute Gasteiger partial charge is 0.369 e. The van der Waals surface area contributed by atoms with Crippen LogP contribution in [-0.4, -0.2) is 16.0 Å². The third-order valence-electron chi connectivity index (χ3n) is 5.62. The summed E-state index contributed by atoms with van der Waals surface area (Å²) >= 11 is 12.7. The molecular formula is C31H20Cl2O3. The van der Waals surface area contributed by atoms with Gasteiger partial charge in [0.2, 0.25) is 0 Å². The van der Waals surface area contributed by atoms with Crippen LogP contribution in [0.3, 0.4) is 0 Å². The second-order valence-electron chi connectivity index (χ2n) is 7.94. The van der Waals surface area contributed by atoms with Gasteiger partial charge in [-0.05, 0) is 35.8 Å². The predicted octanol–water partition coefficient (Wildman–Crippen LogP) is 5.74. The van der Waals surface area contributed by atoms with Crippen LogP contribution in [-0.2, 0) is 16.0 Å². The van der Waals surface area contributed by atoms with E-state index in [9.17, 15) is 15.0 Å². The third-order valence-corrected chi connectivity index (χ3v) is 6.28. The number of hydrogen-bond acceptors (Lipinski definition) is 3. The van der Waals surface area contributed by atoms with Gasteiger partial charge in [0.25, 0.3) is 5.78 Å². The molecule has 0 fully saturated rings. The van der Waals surface area contributed by atoms with Crippen LogP contribution in [0.15, 0.2) is 109 Å². The van der Waals surface area contributed by atoms with E-state index in [0.29, 0.717) is 32.3 Å². The quantitative estimate of drug-likeness (QED) is 0.271. The molecule has 0 saturated heterocycles. The van der Waals surface area contributed by atoms with E-state index in [1.807, 2.05) is 0 Å². The number of aliphatic hydroxyl groups is 2. The molecule has 0 radical (unpaired) electrons. The lowest BCUT2D eigenvalue weighted by atomic mass is 9.86. The average Bonchev–Trinajstić information content (AvgIpc) is 2.92. The summed E-state index contributed by atoms with van der Waals surface area (Å²) in [5.41, 5.74) is -2.14. The van der Waals surface area contributed by atoms with Crippen molar-refractivity contribution in [2.75, 3.05) is 0 Å². The minimum atomic E-state index is -1.85. The molecular weight excluding hydrogens is 491 g/mol. The second kappa shape index (κ2) is 10.8. The molecule has 4 aromatic rings. The number of rotatable bonds is 4. The first kappa shape index (κ1) is 25.3. The lowest BCUT2D eigenvalue weighted by Gasteiger charge is -2.24. The Morgan fingerprint density at radius 3 is 1.25 bits per heavy atom. The van der Waals surface area contributed by atoms with Gasteiger partial charge in [-0.3, -0.25) is 4.79 Å². The van der Waals surface area contributed by atoms with E-state index in [0.717, 1.165) is 0 Å². The van der Waals surface area contributed by atoms with E-state index in [-0.39, 0.29) is 0 Å². The van der Waals surface area contributed by atoms with Gasteiger partial charge in [-0.2, -0.15) is 0 Å². The summed E-state index contributed by atoms with van der Waals surface area (Å²) in [5, 5.41) is 23.8. The molecule has 0 spiro atoms. The molecule has 0 unspecified atom stereocenters. The molecule has 0 saturated carbocycles. The monoisotopic (exact) mass is 510 g/mol. The van der Waals surface area contributed by atoms with Gasteiger partial charge in [0.15, 0.2) is 11.2 Å². The zero-order valence-electron chi connectivity index (χ0n) is 19.0. The van der Waals surface area contributed by atoms with E-state index < -0.39 is 17.0 Å². The summed E-state index contributed by atoms with van der Waals surface area (Å²) in [4.78, 5) is 12.8. The highest BCUT2D eigenvalue weighted by Crippen LogP contribution is 2.35. The van der Waals surface area contributed by atoms with Gasteiger partial charge in [0.05, 0.1) is 0 Å². The summed E-state index contributed by atoms with van der Waals surface area (Å²) in [6, 6.07) is 30.9.